The molecule has 5 heteroatoms. The predicted octanol–water partition coefficient (Wildman–Crippen LogP) is 3.16. The lowest BCUT2D eigenvalue weighted by atomic mass is 9.83. The van der Waals surface area contributed by atoms with Gasteiger partial charge in [0.1, 0.15) is 0 Å². The highest BCUT2D eigenvalue weighted by atomic mass is 35.5. The second-order valence-corrected chi connectivity index (χ2v) is 6.48. The van der Waals surface area contributed by atoms with Gasteiger partial charge in [0.05, 0.1) is 5.41 Å². The van der Waals surface area contributed by atoms with Gasteiger partial charge in [0.15, 0.2) is 0 Å². The molecule has 21 heavy (non-hydrogen) atoms. The maximum atomic E-state index is 12.4. The Bertz CT molecular complexity index is 471. The van der Waals surface area contributed by atoms with Gasteiger partial charge in [-0.25, -0.2) is 0 Å². The molecule has 1 amide bonds. The van der Waals surface area contributed by atoms with Crippen molar-refractivity contribution in [2.45, 2.75) is 32.1 Å². The number of carbonyl (C=O) groups is 1. The van der Waals surface area contributed by atoms with Crippen molar-refractivity contribution in [1.82, 2.24) is 10.6 Å². The van der Waals surface area contributed by atoms with Crippen molar-refractivity contribution >= 4 is 29.9 Å². The van der Waals surface area contributed by atoms with Crippen LogP contribution >= 0.6 is 24.0 Å². The quantitative estimate of drug-likeness (QED) is 0.870. The third-order valence-corrected chi connectivity index (χ3v) is 4.35. The summed E-state index contributed by atoms with van der Waals surface area (Å²) in [6, 6.07) is 7.53. The zero-order valence-electron chi connectivity index (χ0n) is 12.6. The standard InChI is InChI=1S/C16H23ClN2O.ClH/c1-16(2,13-4-3-5-14(17)10-13)15(20)19-9-7-12-6-8-18-11-12;/h3-5,10,12,18H,6-9,11H2,1-2H3,(H,19,20);1H. The van der Waals surface area contributed by atoms with Crippen molar-refractivity contribution in [3.63, 3.8) is 0 Å². The van der Waals surface area contributed by atoms with Gasteiger partial charge in [0.2, 0.25) is 5.91 Å². The molecule has 1 atom stereocenters. The number of hydrogen-bond donors (Lipinski definition) is 2. The Hall–Kier alpha value is -0.770. The monoisotopic (exact) mass is 330 g/mol. The zero-order valence-corrected chi connectivity index (χ0v) is 14.2. The molecular formula is C16H24Cl2N2O. The van der Waals surface area contributed by atoms with E-state index >= 15 is 0 Å². The van der Waals surface area contributed by atoms with E-state index in [0.717, 1.165) is 31.6 Å². The van der Waals surface area contributed by atoms with Gasteiger partial charge in [0.25, 0.3) is 0 Å². The van der Waals surface area contributed by atoms with Crippen molar-refractivity contribution in [1.29, 1.82) is 0 Å². The highest BCUT2D eigenvalue weighted by molar-refractivity contribution is 6.30. The van der Waals surface area contributed by atoms with Gasteiger partial charge in [-0.15, -0.1) is 12.4 Å². The average molecular weight is 331 g/mol. The summed E-state index contributed by atoms with van der Waals surface area (Å²) in [6.45, 7) is 6.80. The van der Waals surface area contributed by atoms with Gasteiger partial charge in [-0.2, -0.15) is 0 Å². The van der Waals surface area contributed by atoms with Crippen LogP contribution in [0.1, 0.15) is 32.3 Å². The van der Waals surface area contributed by atoms with Crippen molar-refractivity contribution in [3.8, 4) is 0 Å². The van der Waals surface area contributed by atoms with E-state index in [4.69, 9.17) is 11.6 Å². The first-order chi connectivity index (χ1) is 9.50. The van der Waals surface area contributed by atoms with Gasteiger partial charge in [-0.3, -0.25) is 4.79 Å². The van der Waals surface area contributed by atoms with E-state index in [0.29, 0.717) is 10.9 Å². The molecule has 1 saturated heterocycles. The number of hydrogen-bond acceptors (Lipinski definition) is 2. The van der Waals surface area contributed by atoms with Gasteiger partial charge >= 0.3 is 0 Å². The van der Waals surface area contributed by atoms with Crippen LogP contribution in [0.15, 0.2) is 24.3 Å². The van der Waals surface area contributed by atoms with E-state index in [9.17, 15) is 4.79 Å². The Morgan fingerprint density at radius 1 is 1.48 bits per heavy atom. The maximum Gasteiger partial charge on any atom is 0.230 e. The highest BCUT2D eigenvalue weighted by Crippen LogP contribution is 2.25. The van der Waals surface area contributed by atoms with E-state index < -0.39 is 5.41 Å². The molecule has 1 aliphatic rings. The molecule has 0 radical (unpaired) electrons. The minimum Gasteiger partial charge on any atom is -0.355 e. The summed E-state index contributed by atoms with van der Waals surface area (Å²) in [5.41, 5.74) is 0.392. The maximum absolute atomic E-state index is 12.4. The fraction of sp³-hybridized carbons (Fsp3) is 0.562. The SMILES string of the molecule is CC(C)(C(=O)NCCC1CCNC1)c1cccc(Cl)c1.Cl. The number of amides is 1. The summed E-state index contributed by atoms with van der Waals surface area (Å²) in [6.07, 6.45) is 2.26. The largest absolute Gasteiger partial charge is 0.355 e. The van der Waals surface area contributed by atoms with Crippen molar-refractivity contribution in [2.24, 2.45) is 5.92 Å². The predicted molar refractivity (Wildman–Crippen MR) is 90.3 cm³/mol. The highest BCUT2D eigenvalue weighted by Gasteiger charge is 2.29. The number of nitrogens with one attached hydrogen (secondary N) is 2. The number of rotatable bonds is 5. The number of carbonyl (C=O) groups excluding carboxylic acids is 1. The molecule has 1 aliphatic heterocycles. The van der Waals surface area contributed by atoms with Crippen molar-refractivity contribution < 1.29 is 4.79 Å². The van der Waals surface area contributed by atoms with E-state index in [-0.39, 0.29) is 18.3 Å². The van der Waals surface area contributed by atoms with E-state index in [2.05, 4.69) is 10.6 Å². The molecular weight excluding hydrogens is 307 g/mol. The third kappa shape index (κ3) is 4.87. The summed E-state index contributed by atoms with van der Waals surface area (Å²) >= 11 is 6.01. The minimum absolute atomic E-state index is 0. The molecule has 0 bridgehead atoms. The first kappa shape index (κ1) is 18.3. The van der Waals surface area contributed by atoms with Gasteiger partial charge in [-0.05, 0) is 63.4 Å². The molecule has 1 aromatic rings. The lowest BCUT2D eigenvalue weighted by Gasteiger charge is -2.24. The normalized spacial score (nSPS) is 18.1. The Balaban J connectivity index is 0.00000220. The lowest BCUT2D eigenvalue weighted by molar-refractivity contribution is -0.125. The molecule has 0 spiro atoms. The molecule has 118 valence electrons. The summed E-state index contributed by atoms with van der Waals surface area (Å²) in [4.78, 5) is 12.4. The Morgan fingerprint density at radius 2 is 2.24 bits per heavy atom. The molecule has 1 heterocycles. The molecule has 1 fully saturated rings. The molecule has 3 nitrogen and oxygen atoms in total. The van der Waals surface area contributed by atoms with Crippen molar-refractivity contribution in [2.75, 3.05) is 19.6 Å². The number of benzene rings is 1. The van der Waals surface area contributed by atoms with Gasteiger partial charge < -0.3 is 10.6 Å². The topological polar surface area (TPSA) is 41.1 Å². The van der Waals surface area contributed by atoms with Crippen LogP contribution in [-0.4, -0.2) is 25.5 Å². The lowest BCUT2D eigenvalue weighted by Crippen LogP contribution is -2.40. The zero-order chi connectivity index (χ0) is 14.6. The van der Waals surface area contributed by atoms with Gasteiger partial charge in [-0.1, -0.05) is 23.7 Å². The molecule has 1 aromatic carbocycles. The first-order valence-corrected chi connectivity index (χ1v) is 7.63. The molecule has 0 aromatic heterocycles. The molecule has 0 aliphatic carbocycles. The fourth-order valence-corrected chi connectivity index (χ4v) is 2.77. The van der Waals surface area contributed by atoms with E-state index in [1.54, 1.807) is 0 Å². The summed E-state index contributed by atoms with van der Waals surface area (Å²) in [5, 5.41) is 7.07. The Labute approximate surface area is 138 Å². The Kier molecular flexibility index (Phi) is 6.98. The van der Waals surface area contributed by atoms with E-state index in [1.807, 2.05) is 38.1 Å². The first-order valence-electron chi connectivity index (χ1n) is 7.25. The van der Waals surface area contributed by atoms with Crippen LogP contribution in [0.25, 0.3) is 0 Å². The van der Waals surface area contributed by atoms with Crippen LogP contribution in [0.5, 0.6) is 0 Å². The molecule has 1 unspecified atom stereocenters. The van der Waals surface area contributed by atoms with Crippen molar-refractivity contribution in [3.05, 3.63) is 34.9 Å². The Morgan fingerprint density at radius 3 is 2.86 bits per heavy atom. The third-order valence-electron chi connectivity index (χ3n) is 4.11. The van der Waals surface area contributed by atoms with Gasteiger partial charge in [0, 0.05) is 11.6 Å². The minimum atomic E-state index is -0.557. The summed E-state index contributed by atoms with van der Waals surface area (Å²) < 4.78 is 0. The summed E-state index contributed by atoms with van der Waals surface area (Å²) in [5.74, 6) is 0.760. The van der Waals surface area contributed by atoms with Crippen LogP contribution in [0.2, 0.25) is 5.02 Å². The second kappa shape index (κ2) is 8.02. The van der Waals surface area contributed by atoms with Crippen LogP contribution < -0.4 is 10.6 Å². The van der Waals surface area contributed by atoms with E-state index in [1.165, 1.54) is 6.42 Å². The number of halogens is 2. The average Bonchev–Trinajstić information content (AvgIpc) is 2.91. The molecule has 2 N–H and O–H groups in total. The second-order valence-electron chi connectivity index (χ2n) is 6.04. The molecule has 2 rings (SSSR count). The van der Waals surface area contributed by atoms with Crippen LogP contribution in [0.4, 0.5) is 0 Å². The van der Waals surface area contributed by atoms with Crippen LogP contribution in [-0.2, 0) is 10.2 Å². The fourth-order valence-electron chi connectivity index (χ4n) is 2.58. The van der Waals surface area contributed by atoms with Crippen LogP contribution in [0, 0.1) is 5.92 Å². The molecule has 0 saturated carbocycles. The smallest absolute Gasteiger partial charge is 0.230 e. The summed E-state index contributed by atoms with van der Waals surface area (Å²) in [7, 11) is 0. The van der Waals surface area contributed by atoms with Crippen LogP contribution in [0.3, 0.4) is 0 Å².